The molecule has 0 aromatic heterocycles. The summed E-state index contributed by atoms with van der Waals surface area (Å²) < 4.78 is 0. The maximum Gasteiger partial charge on any atom is 0.231 e. The zero-order valence-electron chi connectivity index (χ0n) is 10.6. The summed E-state index contributed by atoms with van der Waals surface area (Å²) in [7, 11) is 0. The van der Waals surface area contributed by atoms with Gasteiger partial charge in [-0.15, -0.1) is 11.8 Å². The van der Waals surface area contributed by atoms with Crippen LogP contribution in [0.4, 0.5) is 0 Å². The number of hydrogen-bond acceptors (Lipinski definition) is 3. The molecule has 0 radical (unpaired) electrons. The number of hydrogen-bond donors (Lipinski definition) is 1. The Bertz CT molecular complexity index is 416. The van der Waals surface area contributed by atoms with E-state index in [-0.39, 0.29) is 18.4 Å². The molecule has 4 heteroatoms. The number of aliphatic hydroxyl groups excluding tert-OH is 1. The maximum atomic E-state index is 12.5. The molecule has 0 aliphatic carbocycles. The van der Waals surface area contributed by atoms with Crippen LogP contribution in [0.15, 0.2) is 29.2 Å². The topological polar surface area (TPSA) is 40.5 Å². The highest BCUT2D eigenvalue weighted by Crippen LogP contribution is 2.40. The van der Waals surface area contributed by atoms with Crippen LogP contribution < -0.4 is 0 Å². The van der Waals surface area contributed by atoms with Crippen LogP contribution in [0.25, 0.3) is 0 Å². The average molecular weight is 265 g/mol. The van der Waals surface area contributed by atoms with Crippen molar-refractivity contribution in [3.63, 3.8) is 0 Å². The first-order chi connectivity index (χ1) is 8.77. The number of nitrogens with zero attached hydrogens (tertiary/aromatic N) is 1. The van der Waals surface area contributed by atoms with Gasteiger partial charge in [0.1, 0.15) is 0 Å². The molecule has 1 N–H and O–H groups in total. The molecule has 1 aliphatic rings. The van der Waals surface area contributed by atoms with Crippen LogP contribution in [-0.4, -0.2) is 41.4 Å². The molecule has 0 bridgehead atoms. The Labute approximate surface area is 112 Å². The number of thioether (sulfide) groups is 1. The Kier molecular flexibility index (Phi) is 4.66. The molecule has 98 valence electrons. The summed E-state index contributed by atoms with van der Waals surface area (Å²) in [6.45, 7) is 3.25. The van der Waals surface area contributed by atoms with Gasteiger partial charge in [-0.05, 0) is 18.1 Å². The minimum Gasteiger partial charge on any atom is -0.395 e. The van der Waals surface area contributed by atoms with E-state index in [1.165, 1.54) is 4.90 Å². The van der Waals surface area contributed by atoms with Crippen LogP contribution >= 0.6 is 11.8 Å². The van der Waals surface area contributed by atoms with E-state index < -0.39 is 0 Å². The van der Waals surface area contributed by atoms with Crippen LogP contribution in [0.5, 0.6) is 0 Å². The normalized spacial score (nSPS) is 17.6. The lowest BCUT2D eigenvalue weighted by atomic mass is 10.00. The van der Waals surface area contributed by atoms with Crippen LogP contribution in [-0.2, 0) is 4.79 Å². The molecule has 1 aromatic rings. The number of carbonyl (C=O) groups excluding carboxylic acids is 1. The van der Waals surface area contributed by atoms with Gasteiger partial charge in [-0.1, -0.05) is 25.1 Å². The zero-order valence-corrected chi connectivity index (χ0v) is 11.4. The average Bonchev–Trinajstić information content (AvgIpc) is 2.81. The third-order valence-corrected chi connectivity index (χ3v) is 4.36. The number of carbonyl (C=O) groups is 1. The Hall–Kier alpha value is -1.00. The molecule has 1 heterocycles. The van der Waals surface area contributed by atoms with Gasteiger partial charge in [0, 0.05) is 23.7 Å². The van der Waals surface area contributed by atoms with Crippen LogP contribution in [0.3, 0.4) is 0 Å². The molecule has 0 fully saturated rings. The first kappa shape index (κ1) is 13.4. The Morgan fingerprint density at radius 2 is 2.22 bits per heavy atom. The summed E-state index contributed by atoms with van der Waals surface area (Å²) >= 11 is 1.75. The smallest absolute Gasteiger partial charge is 0.231 e. The van der Waals surface area contributed by atoms with E-state index in [2.05, 4.69) is 13.0 Å². The molecule has 1 unspecified atom stereocenters. The standard InChI is InChI=1S/C14H19NO2S/c1-2-7-15(8-9-16)14(17)12-10-18-13-6-4-3-5-11(12)13/h3-6,12,16H,2,7-10H2,1H3. The van der Waals surface area contributed by atoms with E-state index in [1.807, 2.05) is 18.2 Å². The van der Waals surface area contributed by atoms with E-state index in [4.69, 9.17) is 5.11 Å². The molecular formula is C14H19NO2S. The molecule has 1 amide bonds. The maximum absolute atomic E-state index is 12.5. The van der Waals surface area contributed by atoms with E-state index >= 15 is 0 Å². The SMILES string of the molecule is CCCN(CCO)C(=O)C1CSc2ccccc21. The Morgan fingerprint density at radius 3 is 2.94 bits per heavy atom. The minimum absolute atomic E-state index is 0.0350. The molecule has 1 aliphatic heterocycles. The van der Waals surface area contributed by atoms with Gasteiger partial charge in [-0.3, -0.25) is 4.79 Å². The van der Waals surface area contributed by atoms with E-state index in [9.17, 15) is 4.79 Å². The fourth-order valence-corrected chi connectivity index (χ4v) is 3.53. The van der Waals surface area contributed by atoms with Crippen molar-refractivity contribution in [3.8, 4) is 0 Å². The zero-order chi connectivity index (χ0) is 13.0. The molecule has 0 saturated heterocycles. The number of rotatable bonds is 5. The molecule has 1 aromatic carbocycles. The Balaban J connectivity index is 2.14. The second-order valence-corrected chi connectivity index (χ2v) is 5.51. The van der Waals surface area contributed by atoms with Gasteiger partial charge in [0.05, 0.1) is 12.5 Å². The highest BCUT2D eigenvalue weighted by Gasteiger charge is 2.31. The molecule has 1 atom stereocenters. The highest BCUT2D eigenvalue weighted by molar-refractivity contribution is 7.99. The van der Waals surface area contributed by atoms with E-state index in [0.29, 0.717) is 6.54 Å². The van der Waals surface area contributed by atoms with Gasteiger partial charge in [0.15, 0.2) is 0 Å². The van der Waals surface area contributed by atoms with Gasteiger partial charge < -0.3 is 10.0 Å². The summed E-state index contributed by atoms with van der Waals surface area (Å²) in [4.78, 5) is 15.5. The quantitative estimate of drug-likeness (QED) is 0.886. The van der Waals surface area contributed by atoms with Crippen LogP contribution in [0.2, 0.25) is 0 Å². The lowest BCUT2D eigenvalue weighted by Gasteiger charge is -2.24. The molecule has 2 rings (SSSR count). The van der Waals surface area contributed by atoms with Gasteiger partial charge in [0.2, 0.25) is 5.91 Å². The van der Waals surface area contributed by atoms with Gasteiger partial charge >= 0.3 is 0 Å². The third-order valence-electron chi connectivity index (χ3n) is 3.17. The van der Waals surface area contributed by atoms with Crippen molar-refractivity contribution >= 4 is 17.7 Å². The number of fused-ring (bicyclic) bond motifs is 1. The van der Waals surface area contributed by atoms with Crippen molar-refractivity contribution in [3.05, 3.63) is 29.8 Å². The molecule has 0 saturated carbocycles. The Morgan fingerprint density at radius 1 is 1.44 bits per heavy atom. The van der Waals surface area contributed by atoms with Gasteiger partial charge in [-0.25, -0.2) is 0 Å². The van der Waals surface area contributed by atoms with Crippen molar-refractivity contribution in [2.75, 3.05) is 25.4 Å². The summed E-state index contributed by atoms with van der Waals surface area (Å²) in [6.07, 6.45) is 0.924. The van der Waals surface area contributed by atoms with Crippen LogP contribution in [0.1, 0.15) is 24.8 Å². The summed E-state index contributed by atoms with van der Waals surface area (Å²) in [5, 5.41) is 9.05. The monoisotopic (exact) mass is 265 g/mol. The van der Waals surface area contributed by atoms with Gasteiger partial charge in [0.25, 0.3) is 0 Å². The van der Waals surface area contributed by atoms with Crippen molar-refractivity contribution in [1.29, 1.82) is 0 Å². The first-order valence-corrected chi connectivity index (χ1v) is 7.37. The van der Waals surface area contributed by atoms with Crippen molar-refractivity contribution in [2.45, 2.75) is 24.2 Å². The first-order valence-electron chi connectivity index (χ1n) is 6.39. The van der Waals surface area contributed by atoms with Crippen LogP contribution in [0, 0.1) is 0 Å². The number of benzene rings is 1. The van der Waals surface area contributed by atoms with Crippen molar-refractivity contribution < 1.29 is 9.90 Å². The predicted octanol–water partition coefficient (Wildman–Crippen LogP) is 2.11. The second kappa shape index (κ2) is 6.25. The molecular weight excluding hydrogens is 246 g/mol. The summed E-state index contributed by atoms with van der Waals surface area (Å²) in [6, 6.07) is 8.11. The number of amides is 1. The lowest BCUT2D eigenvalue weighted by molar-refractivity contribution is -0.132. The minimum atomic E-state index is -0.0377. The molecule has 18 heavy (non-hydrogen) atoms. The van der Waals surface area contributed by atoms with E-state index in [1.54, 1.807) is 16.7 Å². The van der Waals surface area contributed by atoms with Crippen molar-refractivity contribution in [1.82, 2.24) is 4.90 Å². The highest BCUT2D eigenvalue weighted by atomic mass is 32.2. The summed E-state index contributed by atoms with van der Waals surface area (Å²) in [5.41, 5.74) is 1.14. The second-order valence-electron chi connectivity index (χ2n) is 4.45. The van der Waals surface area contributed by atoms with E-state index in [0.717, 1.165) is 24.3 Å². The fourth-order valence-electron chi connectivity index (χ4n) is 2.31. The van der Waals surface area contributed by atoms with Gasteiger partial charge in [-0.2, -0.15) is 0 Å². The summed E-state index contributed by atoms with van der Waals surface area (Å²) in [5.74, 6) is 0.941. The van der Waals surface area contributed by atoms with Crippen molar-refractivity contribution in [2.24, 2.45) is 0 Å². The molecule has 3 nitrogen and oxygen atoms in total. The number of aliphatic hydroxyl groups is 1. The molecule has 0 spiro atoms. The predicted molar refractivity (Wildman–Crippen MR) is 73.9 cm³/mol. The fraction of sp³-hybridized carbons (Fsp3) is 0.500. The largest absolute Gasteiger partial charge is 0.395 e. The third kappa shape index (κ3) is 2.70. The lowest BCUT2D eigenvalue weighted by Crippen LogP contribution is -2.37.